The summed E-state index contributed by atoms with van der Waals surface area (Å²) in [5.74, 6) is 1.67. The lowest BCUT2D eigenvalue weighted by Gasteiger charge is -2.14. The number of hydrogen-bond donors (Lipinski definition) is 1. The molecule has 3 aromatic rings. The Kier molecular flexibility index (Phi) is 6.61. The molecule has 0 aliphatic rings. The van der Waals surface area contributed by atoms with Gasteiger partial charge in [0, 0.05) is 11.6 Å². The largest absolute Gasteiger partial charge is 0.492 e. The van der Waals surface area contributed by atoms with Gasteiger partial charge in [-0.3, -0.25) is 0 Å². The first-order valence-corrected chi connectivity index (χ1v) is 9.40. The molecule has 27 heavy (non-hydrogen) atoms. The number of hydrogen-bond acceptors (Lipinski definition) is 3. The SMILES string of the molecule is Cc1cc(OCCNc2ccccc2OCc2ccccc2)cc(C)c1Cl. The fourth-order valence-corrected chi connectivity index (χ4v) is 2.93. The van der Waals surface area contributed by atoms with Gasteiger partial charge < -0.3 is 14.8 Å². The monoisotopic (exact) mass is 381 g/mol. The van der Waals surface area contributed by atoms with Crippen LogP contribution in [-0.4, -0.2) is 13.2 Å². The molecule has 0 unspecified atom stereocenters. The fraction of sp³-hybridized carbons (Fsp3) is 0.217. The number of rotatable bonds is 8. The smallest absolute Gasteiger partial charge is 0.142 e. The lowest BCUT2D eigenvalue weighted by Crippen LogP contribution is -2.12. The first-order chi connectivity index (χ1) is 13.1. The van der Waals surface area contributed by atoms with E-state index in [1.54, 1.807) is 0 Å². The van der Waals surface area contributed by atoms with Crippen LogP contribution in [0.1, 0.15) is 16.7 Å². The van der Waals surface area contributed by atoms with Gasteiger partial charge in [-0.15, -0.1) is 0 Å². The van der Waals surface area contributed by atoms with Crippen molar-refractivity contribution in [2.45, 2.75) is 20.5 Å². The van der Waals surface area contributed by atoms with Crippen LogP contribution < -0.4 is 14.8 Å². The Hall–Kier alpha value is -2.65. The molecule has 0 aliphatic carbocycles. The predicted molar refractivity (Wildman–Crippen MR) is 112 cm³/mol. The second-order valence-corrected chi connectivity index (χ2v) is 6.79. The molecule has 0 radical (unpaired) electrons. The maximum absolute atomic E-state index is 6.20. The van der Waals surface area contributed by atoms with Crippen molar-refractivity contribution >= 4 is 17.3 Å². The normalized spacial score (nSPS) is 10.5. The molecule has 3 rings (SSSR count). The topological polar surface area (TPSA) is 30.5 Å². The van der Waals surface area contributed by atoms with E-state index in [1.165, 1.54) is 0 Å². The van der Waals surface area contributed by atoms with E-state index in [0.717, 1.165) is 38.9 Å². The van der Waals surface area contributed by atoms with Crippen molar-refractivity contribution in [3.8, 4) is 11.5 Å². The van der Waals surface area contributed by atoms with Crippen LogP contribution >= 0.6 is 11.6 Å². The molecule has 0 amide bonds. The standard InChI is InChI=1S/C23H24ClNO2/c1-17-14-20(15-18(2)23(17)24)26-13-12-25-21-10-6-7-11-22(21)27-16-19-8-4-3-5-9-19/h3-11,14-15,25H,12-13,16H2,1-2H3. The minimum atomic E-state index is 0.541. The van der Waals surface area contributed by atoms with Crippen molar-refractivity contribution in [1.29, 1.82) is 0 Å². The van der Waals surface area contributed by atoms with Crippen LogP contribution in [0.3, 0.4) is 0 Å². The van der Waals surface area contributed by atoms with Gasteiger partial charge in [-0.05, 0) is 54.8 Å². The van der Waals surface area contributed by atoms with Crippen LogP contribution in [-0.2, 0) is 6.61 Å². The van der Waals surface area contributed by atoms with Gasteiger partial charge in [0.2, 0.25) is 0 Å². The summed E-state index contributed by atoms with van der Waals surface area (Å²) in [6.45, 7) is 5.74. The van der Waals surface area contributed by atoms with Gasteiger partial charge in [0.1, 0.15) is 24.7 Å². The molecule has 0 aliphatic heterocycles. The third-order valence-corrected chi connectivity index (χ3v) is 4.82. The van der Waals surface area contributed by atoms with E-state index in [4.69, 9.17) is 21.1 Å². The van der Waals surface area contributed by atoms with Gasteiger partial charge in [0.25, 0.3) is 0 Å². The molecular weight excluding hydrogens is 358 g/mol. The minimum Gasteiger partial charge on any atom is -0.492 e. The molecule has 140 valence electrons. The number of benzene rings is 3. The van der Waals surface area contributed by atoms with Crippen LogP contribution in [0.2, 0.25) is 5.02 Å². The van der Waals surface area contributed by atoms with Gasteiger partial charge in [-0.2, -0.15) is 0 Å². The van der Waals surface area contributed by atoms with Crippen LogP contribution in [0.15, 0.2) is 66.7 Å². The zero-order valence-corrected chi connectivity index (χ0v) is 16.4. The number of anilines is 1. The molecule has 0 saturated heterocycles. The van der Waals surface area contributed by atoms with Crippen molar-refractivity contribution in [3.05, 3.63) is 88.4 Å². The van der Waals surface area contributed by atoms with E-state index in [-0.39, 0.29) is 0 Å². The van der Waals surface area contributed by atoms with E-state index < -0.39 is 0 Å². The number of nitrogens with one attached hydrogen (secondary N) is 1. The highest BCUT2D eigenvalue weighted by molar-refractivity contribution is 6.32. The van der Waals surface area contributed by atoms with Crippen molar-refractivity contribution in [2.75, 3.05) is 18.5 Å². The summed E-state index contributed by atoms with van der Waals surface area (Å²) in [5.41, 5.74) is 4.16. The van der Waals surface area contributed by atoms with Gasteiger partial charge in [-0.25, -0.2) is 0 Å². The lowest BCUT2D eigenvalue weighted by atomic mass is 10.1. The Morgan fingerprint density at radius 3 is 2.26 bits per heavy atom. The Balaban J connectivity index is 1.52. The second-order valence-electron chi connectivity index (χ2n) is 6.42. The van der Waals surface area contributed by atoms with Crippen LogP contribution in [0.4, 0.5) is 5.69 Å². The maximum Gasteiger partial charge on any atom is 0.142 e. The zero-order chi connectivity index (χ0) is 19.1. The van der Waals surface area contributed by atoms with Crippen molar-refractivity contribution in [2.24, 2.45) is 0 Å². The molecular formula is C23H24ClNO2. The Labute approximate surface area is 165 Å². The molecule has 0 atom stereocenters. The van der Waals surface area contributed by atoms with Gasteiger partial charge in [0.15, 0.2) is 0 Å². The van der Waals surface area contributed by atoms with Crippen molar-refractivity contribution < 1.29 is 9.47 Å². The molecule has 3 aromatic carbocycles. The second kappa shape index (κ2) is 9.33. The van der Waals surface area contributed by atoms with Gasteiger partial charge in [0.05, 0.1) is 5.69 Å². The molecule has 0 heterocycles. The zero-order valence-electron chi connectivity index (χ0n) is 15.7. The maximum atomic E-state index is 6.20. The number of para-hydroxylation sites is 2. The molecule has 0 spiro atoms. The quantitative estimate of drug-likeness (QED) is 0.483. The summed E-state index contributed by atoms with van der Waals surface area (Å²) in [5, 5.41) is 4.18. The summed E-state index contributed by atoms with van der Waals surface area (Å²) in [4.78, 5) is 0. The molecule has 0 fully saturated rings. The summed E-state index contributed by atoms with van der Waals surface area (Å²) in [6, 6.07) is 22.0. The summed E-state index contributed by atoms with van der Waals surface area (Å²) < 4.78 is 11.8. The number of aryl methyl sites for hydroxylation is 2. The van der Waals surface area contributed by atoms with E-state index in [1.807, 2.05) is 68.4 Å². The highest BCUT2D eigenvalue weighted by Gasteiger charge is 2.05. The molecule has 0 aromatic heterocycles. The van der Waals surface area contributed by atoms with Gasteiger partial charge >= 0.3 is 0 Å². The Bertz CT molecular complexity index is 858. The van der Waals surface area contributed by atoms with E-state index >= 15 is 0 Å². The fourth-order valence-electron chi connectivity index (χ4n) is 2.82. The third kappa shape index (κ3) is 5.41. The lowest BCUT2D eigenvalue weighted by molar-refractivity contribution is 0.306. The Morgan fingerprint density at radius 1 is 0.852 bits per heavy atom. The van der Waals surface area contributed by atoms with Crippen LogP contribution in [0.5, 0.6) is 11.5 Å². The van der Waals surface area contributed by atoms with Crippen molar-refractivity contribution in [3.63, 3.8) is 0 Å². The molecule has 1 N–H and O–H groups in total. The van der Waals surface area contributed by atoms with E-state index in [0.29, 0.717) is 19.8 Å². The molecule has 0 saturated carbocycles. The number of halogens is 1. The summed E-state index contributed by atoms with van der Waals surface area (Å²) in [6.07, 6.45) is 0. The highest BCUT2D eigenvalue weighted by Crippen LogP contribution is 2.26. The van der Waals surface area contributed by atoms with Crippen molar-refractivity contribution in [1.82, 2.24) is 0 Å². The average Bonchev–Trinajstić information content (AvgIpc) is 2.69. The highest BCUT2D eigenvalue weighted by atomic mass is 35.5. The average molecular weight is 382 g/mol. The third-order valence-electron chi connectivity index (χ3n) is 4.22. The van der Waals surface area contributed by atoms with Gasteiger partial charge in [-0.1, -0.05) is 54.1 Å². The van der Waals surface area contributed by atoms with E-state index in [9.17, 15) is 0 Å². The molecule has 4 heteroatoms. The van der Waals surface area contributed by atoms with Crippen LogP contribution in [0, 0.1) is 13.8 Å². The Morgan fingerprint density at radius 2 is 1.52 bits per heavy atom. The predicted octanol–water partition coefficient (Wildman–Crippen LogP) is 6.03. The summed E-state index contributed by atoms with van der Waals surface area (Å²) >= 11 is 6.20. The number of ether oxygens (including phenoxy) is 2. The summed E-state index contributed by atoms with van der Waals surface area (Å²) in [7, 11) is 0. The van der Waals surface area contributed by atoms with E-state index in [2.05, 4.69) is 17.4 Å². The first-order valence-electron chi connectivity index (χ1n) is 9.02. The van der Waals surface area contributed by atoms with Crippen LogP contribution in [0.25, 0.3) is 0 Å². The molecule has 0 bridgehead atoms. The molecule has 3 nitrogen and oxygen atoms in total. The minimum absolute atomic E-state index is 0.541. The first kappa shape index (κ1) is 19.1.